The summed E-state index contributed by atoms with van der Waals surface area (Å²) in [6, 6.07) is 5.25. The molecule has 3 nitrogen and oxygen atoms in total. The van der Waals surface area contributed by atoms with Gasteiger partial charge in [-0.15, -0.1) is 0 Å². The van der Waals surface area contributed by atoms with Gasteiger partial charge in [0.1, 0.15) is 11.5 Å². The van der Waals surface area contributed by atoms with E-state index in [9.17, 15) is 4.39 Å². The summed E-state index contributed by atoms with van der Waals surface area (Å²) in [6.07, 6.45) is 8.19. The van der Waals surface area contributed by atoms with Gasteiger partial charge in [-0.25, -0.2) is 4.39 Å². The van der Waals surface area contributed by atoms with Gasteiger partial charge >= 0.3 is 0 Å². The molecule has 0 spiro atoms. The van der Waals surface area contributed by atoms with E-state index in [0.29, 0.717) is 5.56 Å². The molecule has 4 heteroatoms. The highest BCUT2D eigenvalue weighted by atomic mass is 19.1. The first-order valence-corrected chi connectivity index (χ1v) is 7.08. The second kappa shape index (κ2) is 6.98. The van der Waals surface area contributed by atoms with Crippen molar-refractivity contribution in [3.8, 4) is 0 Å². The summed E-state index contributed by atoms with van der Waals surface area (Å²) in [5, 5.41) is 4.22. The van der Waals surface area contributed by atoms with Crippen LogP contribution in [0.4, 0.5) is 10.1 Å². The predicted octanol–water partition coefficient (Wildman–Crippen LogP) is 4.14. The van der Waals surface area contributed by atoms with E-state index in [-0.39, 0.29) is 5.82 Å². The summed E-state index contributed by atoms with van der Waals surface area (Å²) in [5.41, 5.74) is 2.25. The second-order valence-corrected chi connectivity index (χ2v) is 4.78. The number of nitrogens with zero attached hydrogens (tertiary/aromatic N) is 3. The molecule has 2 aromatic rings. The van der Waals surface area contributed by atoms with E-state index in [0.717, 1.165) is 37.1 Å². The van der Waals surface area contributed by atoms with Crippen LogP contribution in [0.25, 0.3) is 0 Å². The average Bonchev–Trinajstić information content (AvgIpc) is 2.91. The van der Waals surface area contributed by atoms with Crippen molar-refractivity contribution < 1.29 is 4.39 Å². The van der Waals surface area contributed by atoms with Gasteiger partial charge < -0.3 is 0 Å². The van der Waals surface area contributed by atoms with Crippen LogP contribution in [0.3, 0.4) is 0 Å². The minimum atomic E-state index is -0.230. The Morgan fingerprint density at radius 1 is 1.35 bits per heavy atom. The zero-order chi connectivity index (χ0) is 14.4. The van der Waals surface area contributed by atoms with Crippen LogP contribution in [0.1, 0.15) is 37.8 Å². The Kier molecular flexibility index (Phi) is 5.04. The molecule has 0 radical (unpaired) electrons. The van der Waals surface area contributed by atoms with Crippen LogP contribution in [-0.2, 0) is 13.0 Å². The van der Waals surface area contributed by atoms with Crippen LogP contribution < -0.4 is 0 Å². The number of aryl methyl sites for hydroxylation is 2. The smallest absolute Gasteiger partial charge is 0.132 e. The summed E-state index contributed by atoms with van der Waals surface area (Å²) in [4.78, 5) is 4.27. The van der Waals surface area contributed by atoms with E-state index >= 15 is 0 Å². The van der Waals surface area contributed by atoms with E-state index < -0.39 is 0 Å². The molecule has 0 saturated carbocycles. The van der Waals surface area contributed by atoms with Gasteiger partial charge in [-0.1, -0.05) is 32.4 Å². The van der Waals surface area contributed by atoms with Crippen LogP contribution in [0.2, 0.25) is 0 Å². The van der Waals surface area contributed by atoms with Gasteiger partial charge in [-0.2, -0.15) is 5.10 Å². The van der Waals surface area contributed by atoms with E-state index in [4.69, 9.17) is 0 Å². The Morgan fingerprint density at radius 3 is 2.90 bits per heavy atom. The SMILES string of the molecule is CCCCn1cc(N=Cc2ccc(CC)cc2F)cn1. The summed E-state index contributed by atoms with van der Waals surface area (Å²) in [6.45, 7) is 5.05. The van der Waals surface area contributed by atoms with Crippen molar-refractivity contribution in [1.82, 2.24) is 9.78 Å². The number of rotatable bonds is 6. The van der Waals surface area contributed by atoms with Crippen molar-refractivity contribution in [3.05, 3.63) is 47.5 Å². The van der Waals surface area contributed by atoms with Crippen LogP contribution in [0, 0.1) is 5.82 Å². The Hall–Kier alpha value is -1.97. The Balaban J connectivity index is 2.07. The fraction of sp³-hybridized carbons (Fsp3) is 0.375. The molecule has 0 unspecified atom stereocenters. The molecule has 0 saturated heterocycles. The molecule has 0 amide bonds. The summed E-state index contributed by atoms with van der Waals surface area (Å²) >= 11 is 0. The third kappa shape index (κ3) is 3.76. The molecule has 0 aliphatic rings. The average molecular weight is 273 g/mol. The standard InChI is InChI=1S/C16H20FN3/c1-3-5-8-20-12-15(11-19-20)18-10-14-7-6-13(4-2)9-16(14)17/h6-7,9-12H,3-5,8H2,1-2H3. The van der Waals surface area contributed by atoms with Gasteiger partial charge in [-0.05, 0) is 24.5 Å². The van der Waals surface area contributed by atoms with E-state index in [1.54, 1.807) is 24.5 Å². The number of hydrogen-bond acceptors (Lipinski definition) is 2. The summed E-state index contributed by atoms with van der Waals surface area (Å²) < 4.78 is 15.7. The molecular weight excluding hydrogens is 253 g/mol. The molecule has 0 bridgehead atoms. The molecule has 2 rings (SSSR count). The molecule has 0 aliphatic carbocycles. The van der Waals surface area contributed by atoms with Crippen molar-refractivity contribution in [2.24, 2.45) is 4.99 Å². The largest absolute Gasteiger partial charge is 0.271 e. The highest BCUT2D eigenvalue weighted by molar-refractivity contribution is 5.82. The second-order valence-electron chi connectivity index (χ2n) is 4.78. The molecule has 0 aliphatic heterocycles. The molecule has 1 heterocycles. The number of benzene rings is 1. The fourth-order valence-corrected chi connectivity index (χ4v) is 1.90. The maximum atomic E-state index is 13.8. The van der Waals surface area contributed by atoms with E-state index in [2.05, 4.69) is 17.0 Å². The predicted molar refractivity (Wildman–Crippen MR) is 80.2 cm³/mol. The first-order chi connectivity index (χ1) is 9.72. The molecule has 1 aromatic carbocycles. The molecule has 0 atom stereocenters. The van der Waals surface area contributed by atoms with Crippen molar-refractivity contribution in [3.63, 3.8) is 0 Å². The zero-order valence-electron chi connectivity index (χ0n) is 12.0. The van der Waals surface area contributed by atoms with Crippen molar-refractivity contribution in [2.75, 3.05) is 0 Å². The lowest BCUT2D eigenvalue weighted by molar-refractivity contribution is 0.572. The third-order valence-corrected chi connectivity index (χ3v) is 3.19. The van der Waals surface area contributed by atoms with Crippen LogP contribution >= 0.6 is 0 Å². The van der Waals surface area contributed by atoms with Gasteiger partial charge in [0.15, 0.2) is 0 Å². The molecule has 0 fully saturated rings. The normalized spacial score (nSPS) is 11.3. The van der Waals surface area contributed by atoms with Gasteiger partial charge in [0, 0.05) is 18.3 Å². The Labute approximate surface area is 119 Å². The molecule has 0 N–H and O–H groups in total. The monoisotopic (exact) mass is 273 g/mol. The van der Waals surface area contributed by atoms with Crippen molar-refractivity contribution in [1.29, 1.82) is 0 Å². The van der Waals surface area contributed by atoms with Gasteiger partial charge in [0.05, 0.1) is 12.4 Å². The highest BCUT2D eigenvalue weighted by Gasteiger charge is 2.01. The topological polar surface area (TPSA) is 30.2 Å². The number of aliphatic imine (C=N–C) groups is 1. The molecule has 20 heavy (non-hydrogen) atoms. The fourth-order valence-electron chi connectivity index (χ4n) is 1.90. The number of halogens is 1. The molecule has 1 aromatic heterocycles. The zero-order valence-corrected chi connectivity index (χ0v) is 12.0. The number of unbranched alkanes of at least 4 members (excludes halogenated alkanes) is 1. The Bertz CT molecular complexity index is 587. The number of aromatic nitrogens is 2. The first-order valence-electron chi connectivity index (χ1n) is 7.08. The van der Waals surface area contributed by atoms with E-state index in [1.165, 1.54) is 0 Å². The lowest BCUT2D eigenvalue weighted by Gasteiger charge is -1.99. The van der Waals surface area contributed by atoms with Crippen LogP contribution in [-0.4, -0.2) is 16.0 Å². The highest BCUT2D eigenvalue weighted by Crippen LogP contribution is 2.13. The van der Waals surface area contributed by atoms with Crippen LogP contribution in [0.5, 0.6) is 0 Å². The van der Waals surface area contributed by atoms with Gasteiger partial charge in [0.2, 0.25) is 0 Å². The lowest BCUT2D eigenvalue weighted by atomic mass is 10.1. The summed E-state index contributed by atoms with van der Waals surface area (Å²) in [5.74, 6) is -0.230. The maximum Gasteiger partial charge on any atom is 0.132 e. The Morgan fingerprint density at radius 2 is 2.20 bits per heavy atom. The van der Waals surface area contributed by atoms with Crippen molar-refractivity contribution >= 4 is 11.9 Å². The third-order valence-electron chi connectivity index (χ3n) is 3.19. The van der Waals surface area contributed by atoms with Crippen LogP contribution in [0.15, 0.2) is 35.6 Å². The number of hydrogen-bond donors (Lipinski definition) is 0. The van der Waals surface area contributed by atoms with E-state index in [1.807, 2.05) is 23.9 Å². The molecular formula is C16H20FN3. The minimum Gasteiger partial charge on any atom is -0.271 e. The quantitative estimate of drug-likeness (QED) is 0.728. The first kappa shape index (κ1) is 14.4. The summed E-state index contributed by atoms with van der Waals surface area (Å²) in [7, 11) is 0. The lowest BCUT2D eigenvalue weighted by Crippen LogP contribution is -1.96. The maximum absolute atomic E-state index is 13.8. The van der Waals surface area contributed by atoms with Crippen molar-refractivity contribution in [2.45, 2.75) is 39.7 Å². The van der Waals surface area contributed by atoms with Gasteiger partial charge in [0.25, 0.3) is 0 Å². The van der Waals surface area contributed by atoms with Gasteiger partial charge in [-0.3, -0.25) is 9.67 Å². The molecule has 106 valence electrons. The minimum absolute atomic E-state index is 0.230.